The van der Waals surface area contributed by atoms with Crippen molar-refractivity contribution >= 4 is 36.7 Å². The first-order chi connectivity index (χ1) is 7.92. The van der Waals surface area contributed by atoms with Crippen molar-refractivity contribution in [2.45, 2.75) is 19.2 Å². The Kier molecular flexibility index (Phi) is 3.32. The Hall–Kier alpha value is -0.810. The summed E-state index contributed by atoms with van der Waals surface area (Å²) >= 11 is 3.49. The summed E-state index contributed by atoms with van der Waals surface area (Å²) in [6, 6.07) is 5.91. The molecule has 92 valence electrons. The van der Waals surface area contributed by atoms with Gasteiger partial charge < -0.3 is 4.57 Å². The number of hydrogen-bond donors (Lipinski definition) is 0. The van der Waals surface area contributed by atoms with Gasteiger partial charge in [0.25, 0.3) is 0 Å². The van der Waals surface area contributed by atoms with Crippen LogP contribution in [0.4, 0.5) is 0 Å². The second kappa shape index (κ2) is 4.46. The molecule has 0 unspecified atom stereocenters. The van der Waals surface area contributed by atoms with Gasteiger partial charge in [0.2, 0.25) is 0 Å². The molecule has 0 amide bonds. The Balaban J connectivity index is 2.71. The van der Waals surface area contributed by atoms with Crippen LogP contribution in [0.1, 0.15) is 12.5 Å². The standard InChI is InChI=1S/C12H14BrNO2S/c1-3-14-7-9(8-17(2,15)16)12-10(13)5-4-6-11(12)14/h4-7H,3,8H2,1-2H3. The minimum atomic E-state index is -3.01. The number of sulfone groups is 1. The monoisotopic (exact) mass is 315 g/mol. The Morgan fingerprint density at radius 1 is 1.35 bits per heavy atom. The van der Waals surface area contributed by atoms with E-state index in [1.165, 1.54) is 6.26 Å². The van der Waals surface area contributed by atoms with E-state index in [4.69, 9.17) is 0 Å². The fraction of sp³-hybridized carbons (Fsp3) is 0.333. The lowest BCUT2D eigenvalue weighted by Crippen LogP contribution is -2.00. The number of rotatable bonds is 3. The van der Waals surface area contributed by atoms with Crippen LogP contribution in [0.2, 0.25) is 0 Å². The van der Waals surface area contributed by atoms with Crippen molar-refractivity contribution in [3.8, 4) is 0 Å². The van der Waals surface area contributed by atoms with Crippen molar-refractivity contribution in [1.82, 2.24) is 4.57 Å². The van der Waals surface area contributed by atoms with Crippen LogP contribution in [0.15, 0.2) is 28.9 Å². The highest BCUT2D eigenvalue weighted by molar-refractivity contribution is 9.10. The first-order valence-electron chi connectivity index (χ1n) is 5.36. The zero-order chi connectivity index (χ0) is 12.6. The molecule has 0 aliphatic rings. The Morgan fingerprint density at radius 2 is 2.06 bits per heavy atom. The summed E-state index contributed by atoms with van der Waals surface area (Å²) in [5.74, 6) is 0.0825. The smallest absolute Gasteiger partial charge is 0.151 e. The fourth-order valence-electron chi connectivity index (χ4n) is 2.05. The third kappa shape index (κ3) is 2.55. The molecule has 0 fully saturated rings. The van der Waals surface area contributed by atoms with Crippen LogP contribution in [-0.4, -0.2) is 19.2 Å². The molecular formula is C12H14BrNO2S. The Morgan fingerprint density at radius 3 is 2.65 bits per heavy atom. The van der Waals surface area contributed by atoms with Gasteiger partial charge in [-0.15, -0.1) is 0 Å². The van der Waals surface area contributed by atoms with Gasteiger partial charge in [-0.3, -0.25) is 0 Å². The summed E-state index contributed by atoms with van der Waals surface area (Å²) < 4.78 is 25.9. The molecule has 0 spiro atoms. The van der Waals surface area contributed by atoms with Gasteiger partial charge >= 0.3 is 0 Å². The van der Waals surface area contributed by atoms with Crippen LogP contribution in [0.5, 0.6) is 0 Å². The van der Waals surface area contributed by atoms with Gasteiger partial charge in [-0.2, -0.15) is 0 Å². The average molecular weight is 316 g/mol. The highest BCUT2D eigenvalue weighted by atomic mass is 79.9. The molecule has 0 saturated heterocycles. The molecule has 5 heteroatoms. The minimum Gasteiger partial charge on any atom is -0.347 e. The molecule has 3 nitrogen and oxygen atoms in total. The Bertz CT molecular complexity index is 658. The lowest BCUT2D eigenvalue weighted by molar-refractivity contribution is 0.601. The van der Waals surface area contributed by atoms with Gasteiger partial charge in [0.05, 0.1) is 5.75 Å². The second-order valence-corrected chi connectivity index (χ2v) is 7.14. The quantitative estimate of drug-likeness (QED) is 0.873. The normalized spacial score (nSPS) is 12.2. The van der Waals surface area contributed by atoms with Crippen molar-refractivity contribution in [2.75, 3.05) is 6.26 Å². The predicted molar refractivity (Wildman–Crippen MR) is 73.9 cm³/mol. The largest absolute Gasteiger partial charge is 0.347 e. The molecule has 0 aliphatic heterocycles. The molecule has 0 aliphatic carbocycles. The lowest BCUT2D eigenvalue weighted by atomic mass is 10.2. The number of fused-ring (bicyclic) bond motifs is 1. The van der Waals surface area contributed by atoms with Gasteiger partial charge in [-0.05, 0) is 24.6 Å². The molecule has 2 aromatic rings. The molecule has 1 aromatic heterocycles. The second-order valence-electron chi connectivity index (χ2n) is 4.14. The van der Waals surface area contributed by atoms with Crippen LogP contribution in [0.25, 0.3) is 10.9 Å². The number of hydrogen-bond acceptors (Lipinski definition) is 2. The summed E-state index contributed by atoms with van der Waals surface area (Å²) in [6.07, 6.45) is 3.19. The average Bonchev–Trinajstić information content (AvgIpc) is 2.55. The summed E-state index contributed by atoms with van der Waals surface area (Å²) in [6.45, 7) is 2.88. The molecule has 0 N–H and O–H groups in total. The van der Waals surface area contributed by atoms with Crippen LogP contribution in [0, 0.1) is 0 Å². The molecule has 0 atom stereocenters. The summed E-state index contributed by atoms with van der Waals surface area (Å²) in [7, 11) is -3.01. The molecule has 0 radical (unpaired) electrons. The van der Waals surface area contributed by atoms with Gasteiger partial charge in [-0.25, -0.2) is 8.42 Å². The number of aryl methyl sites for hydroxylation is 1. The molecule has 2 rings (SSSR count). The van der Waals surface area contributed by atoms with Crippen molar-refractivity contribution < 1.29 is 8.42 Å². The zero-order valence-corrected chi connectivity index (χ0v) is 12.2. The van der Waals surface area contributed by atoms with Crippen LogP contribution in [-0.2, 0) is 22.1 Å². The summed E-state index contributed by atoms with van der Waals surface area (Å²) in [4.78, 5) is 0. The van der Waals surface area contributed by atoms with E-state index < -0.39 is 9.84 Å². The topological polar surface area (TPSA) is 39.1 Å². The first-order valence-corrected chi connectivity index (χ1v) is 8.21. The van der Waals surface area contributed by atoms with Crippen LogP contribution < -0.4 is 0 Å². The Labute approximate surface area is 109 Å². The minimum absolute atomic E-state index is 0.0825. The summed E-state index contributed by atoms with van der Waals surface area (Å²) in [5.41, 5.74) is 1.93. The van der Waals surface area contributed by atoms with Crippen LogP contribution >= 0.6 is 15.9 Å². The van der Waals surface area contributed by atoms with E-state index in [0.29, 0.717) is 0 Å². The predicted octanol–water partition coefficient (Wildman–Crippen LogP) is 2.97. The highest BCUT2D eigenvalue weighted by Gasteiger charge is 2.14. The molecule has 1 heterocycles. The van der Waals surface area contributed by atoms with Crippen molar-refractivity contribution in [3.05, 3.63) is 34.4 Å². The number of halogens is 1. The molecule has 17 heavy (non-hydrogen) atoms. The van der Waals surface area contributed by atoms with Crippen LogP contribution in [0.3, 0.4) is 0 Å². The van der Waals surface area contributed by atoms with E-state index in [1.807, 2.05) is 31.3 Å². The highest BCUT2D eigenvalue weighted by Crippen LogP contribution is 2.30. The molecule has 0 bridgehead atoms. The van der Waals surface area contributed by atoms with Crippen molar-refractivity contribution in [2.24, 2.45) is 0 Å². The van der Waals surface area contributed by atoms with Gasteiger partial charge in [-0.1, -0.05) is 22.0 Å². The van der Waals surface area contributed by atoms with E-state index in [0.717, 1.165) is 27.5 Å². The van der Waals surface area contributed by atoms with Crippen molar-refractivity contribution in [3.63, 3.8) is 0 Å². The molecule has 1 aromatic carbocycles. The van der Waals surface area contributed by atoms with Gasteiger partial charge in [0, 0.05) is 34.4 Å². The lowest BCUT2D eigenvalue weighted by Gasteiger charge is -2.00. The van der Waals surface area contributed by atoms with E-state index in [9.17, 15) is 8.42 Å². The maximum Gasteiger partial charge on any atom is 0.151 e. The number of aromatic nitrogens is 1. The van der Waals surface area contributed by atoms with E-state index in [1.54, 1.807) is 0 Å². The molecular weight excluding hydrogens is 302 g/mol. The third-order valence-electron chi connectivity index (χ3n) is 2.69. The van der Waals surface area contributed by atoms with E-state index in [-0.39, 0.29) is 5.75 Å². The number of benzene rings is 1. The van der Waals surface area contributed by atoms with E-state index in [2.05, 4.69) is 20.5 Å². The fourth-order valence-corrected chi connectivity index (χ4v) is 3.44. The van der Waals surface area contributed by atoms with Gasteiger partial charge in [0.1, 0.15) is 0 Å². The van der Waals surface area contributed by atoms with Gasteiger partial charge in [0.15, 0.2) is 9.84 Å². The maximum absolute atomic E-state index is 11.4. The first kappa shape index (κ1) is 12.6. The summed E-state index contributed by atoms with van der Waals surface area (Å²) in [5, 5.41) is 1.000. The number of nitrogens with zero attached hydrogens (tertiary/aromatic N) is 1. The van der Waals surface area contributed by atoms with E-state index >= 15 is 0 Å². The maximum atomic E-state index is 11.4. The van der Waals surface area contributed by atoms with Crippen molar-refractivity contribution in [1.29, 1.82) is 0 Å². The third-order valence-corrected chi connectivity index (χ3v) is 4.19. The zero-order valence-electron chi connectivity index (χ0n) is 9.77. The SMILES string of the molecule is CCn1cc(CS(C)(=O)=O)c2c(Br)cccc21. The molecule has 0 saturated carbocycles.